The van der Waals surface area contributed by atoms with Crippen LogP contribution in [0.25, 0.3) is 17.2 Å². The van der Waals surface area contributed by atoms with Gasteiger partial charge in [-0.15, -0.1) is 5.10 Å². The summed E-state index contributed by atoms with van der Waals surface area (Å²) in [6, 6.07) is 6.01. The molecule has 0 amide bonds. The van der Waals surface area contributed by atoms with E-state index in [9.17, 15) is 0 Å². The van der Waals surface area contributed by atoms with Gasteiger partial charge in [0.2, 0.25) is 11.7 Å². The van der Waals surface area contributed by atoms with Gasteiger partial charge >= 0.3 is 0 Å². The maximum atomic E-state index is 5.13. The maximum Gasteiger partial charge on any atom is 0.252 e. The summed E-state index contributed by atoms with van der Waals surface area (Å²) in [5.74, 6) is 2.42. The predicted molar refractivity (Wildman–Crippen MR) is 103 cm³/mol. The van der Waals surface area contributed by atoms with Gasteiger partial charge in [-0.05, 0) is 37.6 Å². The van der Waals surface area contributed by atoms with Crippen molar-refractivity contribution in [1.29, 1.82) is 0 Å². The van der Waals surface area contributed by atoms with Crippen molar-refractivity contribution >= 4 is 18.4 Å². The van der Waals surface area contributed by atoms with Crippen molar-refractivity contribution in [2.24, 2.45) is 12.0 Å². The second-order valence-corrected chi connectivity index (χ2v) is 6.70. The molecule has 138 valence electrons. The lowest BCUT2D eigenvalue weighted by Gasteiger charge is -2.01. The average Bonchev–Trinajstić information content (AvgIpc) is 3.19. The zero-order valence-electron chi connectivity index (χ0n) is 15.6. The van der Waals surface area contributed by atoms with Crippen LogP contribution in [0.5, 0.6) is 5.88 Å². The van der Waals surface area contributed by atoms with Crippen molar-refractivity contribution < 1.29 is 4.74 Å². The molecule has 1 saturated carbocycles. The van der Waals surface area contributed by atoms with E-state index < -0.39 is 0 Å². The highest BCUT2D eigenvalue weighted by molar-refractivity contribution is 5.57. The van der Waals surface area contributed by atoms with Gasteiger partial charge in [-0.3, -0.25) is 4.68 Å². The van der Waals surface area contributed by atoms with Crippen molar-refractivity contribution in [3.05, 3.63) is 42.2 Å². The minimum Gasteiger partial charge on any atom is -0.481 e. The summed E-state index contributed by atoms with van der Waals surface area (Å²) < 4.78 is 8.51. The number of ether oxygens (including phenoxy) is 1. The van der Waals surface area contributed by atoms with Gasteiger partial charge < -0.3 is 4.74 Å². The Morgan fingerprint density at radius 1 is 1.30 bits per heavy atom. The van der Waals surface area contributed by atoms with Crippen molar-refractivity contribution in [3.63, 3.8) is 0 Å². The Hall–Kier alpha value is -3.29. The first-order chi connectivity index (χ1) is 13.0. The standard InChI is InChI=1S/C19H21N7O/c1-11(2)26-19(20-3)22-18(24-26)16-9-15(23-25(16)4)14-8-13(14)12-6-7-17(27-5)21-10-12/h6-7,9-10,13-14H,1,3,8H2,2,4-5H3. The molecule has 3 aromatic rings. The molecular formula is C19H21N7O. The molecule has 0 bridgehead atoms. The van der Waals surface area contributed by atoms with Gasteiger partial charge in [0.25, 0.3) is 5.95 Å². The van der Waals surface area contributed by atoms with Crippen LogP contribution in [0.2, 0.25) is 0 Å². The van der Waals surface area contributed by atoms with Crippen LogP contribution < -0.4 is 4.74 Å². The highest BCUT2D eigenvalue weighted by atomic mass is 16.5. The summed E-state index contributed by atoms with van der Waals surface area (Å²) in [6.45, 7) is 9.30. The first-order valence-electron chi connectivity index (χ1n) is 8.65. The Kier molecular flexibility index (Phi) is 4.10. The number of methoxy groups -OCH3 is 1. The van der Waals surface area contributed by atoms with Crippen molar-refractivity contribution in [2.45, 2.75) is 25.2 Å². The average molecular weight is 363 g/mol. The normalized spacial score (nSPS) is 18.3. The summed E-state index contributed by atoms with van der Waals surface area (Å²) in [5, 5.41) is 9.17. The van der Waals surface area contributed by atoms with Crippen LogP contribution in [0, 0.1) is 0 Å². The monoisotopic (exact) mass is 363 g/mol. The van der Waals surface area contributed by atoms with Gasteiger partial charge in [0, 0.05) is 30.9 Å². The molecule has 0 aliphatic heterocycles. The van der Waals surface area contributed by atoms with Crippen LogP contribution >= 0.6 is 0 Å². The van der Waals surface area contributed by atoms with Crippen LogP contribution in [0.15, 0.2) is 36.0 Å². The maximum absolute atomic E-state index is 5.13. The van der Waals surface area contributed by atoms with Gasteiger partial charge in [0.1, 0.15) is 5.69 Å². The Morgan fingerprint density at radius 3 is 2.70 bits per heavy atom. The van der Waals surface area contributed by atoms with Crippen molar-refractivity contribution in [2.75, 3.05) is 7.11 Å². The van der Waals surface area contributed by atoms with E-state index in [1.165, 1.54) is 5.56 Å². The molecule has 1 aliphatic rings. The summed E-state index contributed by atoms with van der Waals surface area (Å²) in [5.41, 5.74) is 3.81. The zero-order chi connectivity index (χ0) is 19.1. The quantitative estimate of drug-likeness (QED) is 0.628. The molecule has 2 atom stereocenters. The molecule has 0 N–H and O–H groups in total. The minimum absolute atomic E-state index is 0.375. The molecule has 8 heteroatoms. The number of hydrogen-bond acceptors (Lipinski definition) is 6. The fourth-order valence-corrected chi connectivity index (χ4v) is 3.27. The molecule has 0 spiro atoms. The van der Waals surface area contributed by atoms with Crippen LogP contribution in [-0.2, 0) is 7.05 Å². The third-order valence-electron chi connectivity index (χ3n) is 4.79. The van der Waals surface area contributed by atoms with Gasteiger partial charge in [0.05, 0.1) is 12.8 Å². The topological polar surface area (TPSA) is 83.0 Å². The molecule has 27 heavy (non-hydrogen) atoms. The Balaban J connectivity index is 1.59. The fraction of sp³-hybridized carbons (Fsp3) is 0.316. The first-order valence-corrected chi connectivity index (χ1v) is 8.65. The molecule has 1 fully saturated rings. The predicted octanol–water partition coefficient (Wildman–Crippen LogP) is 3.18. The molecule has 0 radical (unpaired) electrons. The number of aryl methyl sites for hydroxylation is 1. The Labute approximate surface area is 157 Å². The molecule has 0 aromatic carbocycles. The number of hydrogen-bond donors (Lipinski definition) is 0. The number of nitrogens with zero attached hydrogens (tertiary/aromatic N) is 7. The van der Waals surface area contributed by atoms with Crippen molar-refractivity contribution in [1.82, 2.24) is 29.5 Å². The second kappa shape index (κ2) is 6.46. The number of aliphatic imine (C=N–C) groups is 1. The van der Waals surface area contributed by atoms with Gasteiger partial charge in [-0.25, -0.2) is 14.7 Å². The van der Waals surface area contributed by atoms with E-state index in [2.05, 4.69) is 44.5 Å². The lowest BCUT2D eigenvalue weighted by Crippen LogP contribution is -1.97. The molecule has 1 aliphatic carbocycles. The molecule has 3 heterocycles. The minimum atomic E-state index is 0.375. The largest absolute Gasteiger partial charge is 0.481 e. The van der Waals surface area contributed by atoms with E-state index in [1.807, 2.05) is 37.0 Å². The van der Waals surface area contributed by atoms with Gasteiger partial charge in [0.15, 0.2) is 0 Å². The molecule has 2 unspecified atom stereocenters. The molecule has 8 nitrogen and oxygen atoms in total. The van der Waals surface area contributed by atoms with E-state index >= 15 is 0 Å². The van der Waals surface area contributed by atoms with Gasteiger partial charge in [-0.1, -0.05) is 12.6 Å². The molecule has 0 saturated heterocycles. The zero-order valence-corrected chi connectivity index (χ0v) is 15.6. The van der Waals surface area contributed by atoms with E-state index in [0.717, 1.165) is 23.5 Å². The highest BCUT2D eigenvalue weighted by Gasteiger charge is 2.42. The molecule has 4 rings (SSSR count). The summed E-state index contributed by atoms with van der Waals surface area (Å²) in [6.07, 6.45) is 2.93. The summed E-state index contributed by atoms with van der Waals surface area (Å²) in [7, 11) is 3.52. The lowest BCUT2D eigenvalue weighted by molar-refractivity contribution is 0.397. The Bertz CT molecular complexity index is 1020. The van der Waals surface area contributed by atoms with E-state index in [-0.39, 0.29) is 0 Å². The van der Waals surface area contributed by atoms with E-state index in [0.29, 0.717) is 29.5 Å². The number of allylic oxidation sites excluding steroid dienone is 1. The van der Waals surface area contributed by atoms with E-state index in [4.69, 9.17) is 4.74 Å². The highest BCUT2D eigenvalue weighted by Crippen LogP contribution is 2.54. The molecule has 3 aromatic heterocycles. The Morgan fingerprint density at radius 2 is 2.11 bits per heavy atom. The lowest BCUT2D eigenvalue weighted by atomic mass is 10.1. The smallest absolute Gasteiger partial charge is 0.252 e. The van der Waals surface area contributed by atoms with Crippen molar-refractivity contribution in [3.8, 4) is 17.4 Å². The number of pyridine rings is 1. The summed E-state index contributed by atoms with van der Waals surface area (Å²) in [4.78, 5) is 12.7. The summed E-state index contributed by atoms with van der Waals surface area (Å²) >= 11 is 0. The fourth-order valence-electron chi connectivity index (χ4n) is 3.27. The number of aromatic nitrogens is 6. The van der Waals surface area contributed by atoms with Gasteiger partial charge in [-0.2, -0.15) is 10.1 Å². The van der Waals surface area contributed by atoms with Crippen LogP contribution in [-0.4, -0.2) is 43.4 Å². The van der Waals surface area contributed by atoms with Crippen LogP contribution in [0.1, 0.15) is 36.4 Å². The molecular weight excluding hydrogens is 342 g/mol. The third kappa shape index (κ3) is 3.03. The number of rotatable bonds is 6. The van der Waals surface area contributed by atoms with Crippen LogP contribution in [0.3, 0.4) is 0 Å². The second-order valence-electron chi connectivity index (χ2n) is 6.70. The SMILES string of the molecule is C=Nc1nc(-c2cc(C3CC3c3ccc(OC)nc3)nn2C)nn1C(=C)C. The van der Waals surface area contributed by atoms with Crippen LogP contribution in [0.4, 0.5) is 5.95 Å². The van der Waals surface area contributed by atoms with E-state index in [1.54, 1.807) is 11.8 Å². The third-order valence-corrected chi connectivity index (χ3v) is 4.79. The first kappa shape index (κ1) is 17.1.